The number of rotatable bonds is 16. The summed E-state index contributed by atoms with van der Waals surface area (Å²) in [5, 5.41) is 89.5. The summed E-state index contributed by atoms with van der Waals surface area (Å²) in [6.45, 7) is 18.2. The fourth-order valence-electron chi connectivity index (χ4n) is 11.2. The average Bonchev–Trinajstić information content (AvgIpc) is 3.80. The normalized spacial score (nSPS) is 39.5. The van der Waals surface area contributed by atoms with Crippen LogP contribution in [0.1, 0.15) is 119 Å². The van der Waals surface area contributed by atoms with Crippen LogP contribution < -0.4 is 0 Å². The molecule has 3 fully saturated rings. The van der Waals surface area contributed by atoms with Crippen molar-refractivity contribution in [1.82, 2.24) is 24.8 Å². The van der Waals surface area contributed by atoms with Gasteiger partial charge in [0.15, 0.2) is 12.6 Å². The Morgan fingerprint density at radius 2 is 1.67 bits per heavy atom. The second-order valence-electron chi connectivity index (χ2n) is 21.9. The van der Waals surface area contributed by atoms with Gasteiger partial charge in [-0.05, 0) is 119 Å². The highest BCUT2D eigenvalue weighted by molar-refractivity contribution is 5.73. The van der Waals surface area contributed by atoms with Gasteiger partial charge in [-0.1, -0.05) is 38.1 Å². The number of ether oxygens (including phenoxy) is 6. The van der Waals surface area contributed by atoms with Crippen LogP contribution in [0.25, 0.3) is 0 Å². The van der Waals surface area contributed by atoms with Gasteiger partial charge in [-0.2, -0.15) is 0 Å². The molecule has 72 heavy (non-hydrogen) atoms. The van der Waals surface area contributed by atoms with Crippen molar-refractivity contribution < 1.29 is 68.8 Å². The third-order valence-corrected chi connectivity index (χ3v) is 15.8. The molecule has 2 aromatic rings. The predicted octanol–water partition coefficient (Wildman–Crippen LogP) is 3.18. The fourth-order valence-corrected chi connectivity index (χ4v) is 11.2. The number of nitrogens with zero attached hydrogens (tertiary/aromatic N) is 6. The third-order valence-electron chi connectivity index (χ3n) is 15.8. The summed E-state index contributed by atoms with van der Waals surface area (Å²) < 4.78 is 39.8. The molecule has 6 N–H and O–H groups in total. The Morgan fingerprint density at radius 3 is 2.28 bits per heavy atom. The van der Waals surface area contributed by atoms with Crippen molar-refractivity contribution in [2.75, 3.05) is 40.9 Å². The molecule has 0 unspecified atom stereocenters. The molecule has 0 saturated carbocycles. The van der Waals surface area contributed by atoms with E-state index in [9.17, 15) is 45.5 Å². The molecule has 4 heterocycles. The van der Waals surface area contributed by atoms with Crippen LogP contribution in [-0.2, 0) is 46.1 Å². The molecule has 1 aromatic carbocycles. The van der Waals surface area contributed by atoms with E-state index in [1.54, 1.807) is 71.5 Å². The number of hydrogen-bond donors (Lipinski definition) is 6. The Hall–Kier alpha value is -3.29. The number of aliphatic hydroxyl groups is 6. The maximum Gasteiger partial charge on any atom is 0.311 e. The summed E-state index contributed by atoms with van der Waals surface area (Å²) >= 11 is 0. The lowest BCUT2D eigenvalue weighted by atomic mass is 9.77. The number of carbonyl (C=O) groups excluding carboxylic acids is 1. The summed E-state index contributed by atoms with van der Waals surface area (Å²) in [7, 11) is 5.23. The number of likely N-dealkylation sites (N-methyl/N-ethyl adjacent to an activating group) is 2. The zero-order valence-corrected chi connectivity index (χ0v) is 44.7. The molecule has 0 amide bonds. The van der Waals surface area contributed by atoms with Crippen molar-refractivity contribution >= 4 is 11.7 Å². The standard InChI is InChI=1S/C51H86N6O15/c1-14-40-51(10,64)44(60)33(6)55(12)26-29(2)24-49(8,63)46(31(4)43(32(5)47(62)70-40)71-41-25-50(9,67-13)45(61)34(7)69-41)72-48-42(59)39(22-30(3)68-48)54(11)21-15-16-36-27-56(53-52-36)38(28-58)23-35-17-19-37(20-18-35)57(65)66/h17-20,27,29-34,38-46,48,58-61,63-64H,14-16,21-26,28H2,1-13H3/t29-,30-,31+,32-,33-,34+,38+,39+,40-,41+,42-,43+,44-,45+,46-,48+,49-,50-,51-/m1/s1. The van der Waals surface area contributed by atoms with Crippen LogP contribution in [0.5, 0.6) is 0 Å². The average molecular weight is 1020 g/mol. The monoisotopic (exact) mass is 1020 g/mol. The first-order valence-corrected chi connectivity index (χ1v) is 25.7. The lowest BCUT2D eigenvalue weighted by Gasteiger charge is -2.49. The summed E-state index contributed by atoms with van der Waals surface area (Å²) in [6.07, 6.45) is -5.91. The highest BCUT2D eigenvalue weighted by atomic mass is 16.7. The van der Waals surface area contributed by atoms with Crippen molar-refractivity contribution in [2.45, 2.75) is 211 Å². The van der Waals surface area contributed by atoms with E-state index < -0.39 is 113 Å². The van der Waals surface area contributed by atoms with E-state index in [0.717, 1.165) is 5.56 Å². The molecular formula is C51H86N6O15. The van der Waals surface area contributed by atoms with Crippen molar-refractivity contribution in [1.29, 1.82) is 0 Å². The molecule has 0 spiro atoms. The fraction of sp³-hybridized carbons (Fsp3) is 0.824. The summed E-state index contributed by atoms with van der Waals surface area (Å²) in [5.41, 5.74) is -3.07. The first-order chi connectivity index (χ1) is 33.7. The SMILES string of the molecule is CC[C@H]1OC(=O)[C@H](C)[C@@H](O[C@H]2C[C@@](C)(OC)[C@@H](O)[C@H](C)O2)[C@H](C)[C@@H](O[C@@H]2O[C@H](C)C[C@H](N(C)CCCc3cn([C@H](CO)Cc4ccc([N+](=O)[O-])cc4)nn3)[C@H]2O)[C@](C)(O)C[C@@H](C)CN(C)[C@H](C)[C@@H](O)[C@]1(C)O. The van der Waals surface area contributed by atoms with Gasteiger partial charge in [0, 0.05) is 56.4 Å². The van der Waals surface area contributed by atoms with E-state index in [1.807, 2.05) is 37.7 Å². The Balaban J connectivity index is 1.40. The number of nitro groups is 1. The van der Waals surface area contributed by atoms with Crippen LogP contribution >= 0.6 is 0 Å². The number of aliphatic hydroxyl groups excluding tert-OH is 4. The quantitative estimate of drug-likeness (QED) is 0.0800. The molecule has 3 aliphatic rings. The lowest BCUT2D eigenvalue weighted by Crippen LogP contribution is -2.60. The number of carbonyl (C=O) groups is 1. The molecular weight excluding hydrogens is 937 g/mol. The molecule has 3 saturated heterocycles. The first-order valence-electron chi connectivity index (χ1n) is 25.7. The Kier molecular flexibility index (Phi) is 20.7. The number of hydrogen-bond acceptors (Lipinski definition) is 19. The number of cyclic esters (lactones) is 1. The number of methoxy groups -OCH3 is 1. The number of esters is 1. The van der Waals surface area contributed by atoms with Gasteiger partial charge in [0.05, 0.1) is 64.8 Å². The van der Waals surface area contributed by atoms with Crippen LogP contribution in [0, 0.1) is 27.9 Å². The molecule has 410 valence electrons. The number of nitro benzene ring substituents is 1. The predicted molar refractivity (Wildman–Crippen MR) is 264 cm³/mol. The lowest BCUT2D eigenvalue weighted by molar-refractivity contribution is -0.384. The van der Waals surface area contributed by atoms with Gasteiger partial charge in [0.2, 0.25) is 0 Å². The van der Waals surface area contributed by atoms with Gasteiger partial charge in [0.1, 0.15) is 30.0 Å². The van der Waals surface area contributed by atoms with Crippen molar-refractivity contribution in [3.8, 4) is 0 Å². The van der Waals surface area contributed by atoms with E-state index in [0.29, 0.717) is 44.5 Å². The largest absolute Gasteiger partial charge is 0.459 e. The van der Waals surface area contributed by atoms with Crippen LogP contribution in [0.2, 0.25) is 0 Å². The minimum absolute atomic E-state index is 0.0138. The van der Waals surface area contributed by atoms with Crippen LogP contribution in [0.15, 0.2) is 30.5 Å². The van der Waals surface area contributed by atoms with E-state index >= 15 is 0 Å². The van der Waals surface area contributed by atoms with Gasteiger partial charge in [-0.25, -0.2) is 4.68 Å². The topological polar surface area (TPSA) is 274 Å². The summed E-state index contributed by atoms with van der Waals surface area (Å²) in [4.78, 5) is 29.1. The van der Waals surface area contributed by atoms with Crippen molar-refractivity contribution in [3.05, 3.63) is 51.8 Å². The summed E-state index contributed by atoms with van der Waals surface area (Å²) in [5.74, 6) is -2.85. The van der Waals surface area contributed by atoms with E-state index in [1.165, 1.54) is 26.2 Å². The number of non-ortho nitro benzene ring substituents is 1. The zero-order valence-electron chi connectivity index (χ0n) is 44.7. The van der Waals surface area contributed by atoms with E-state index in [2.05, 4.69) is 10.3 Å². The highest BCUT2D eigenvalue weighted by Gasteiger charge is 2.53. The van der Waals surface area contributed by atoms with Gasteiger partial charge >= 0.3 is 5.97 Å². The van der Waals surface area contributed by atoms with Gasteiger partial charge in [-0.15, -0.1) is 5.10 Å². The number of aryl methyl sites for hydroxylation is 1. The molecule has 21 heteroatoms. The molecule has 0 aliphatic carbocycles. The van der Waals surface area contributed by atoms with E-state index in [4.69, 9.17) is 28.4 Å². The second kappa shape index (κ2) is 25.0. The minimum Gasteiger partial charge on any atom is -0.459 e. The molecule has 21 nitrogen and oxygen atoms in total. The molecule has 1 aromatic heterocycles. The van der Waals surface area contributed by atoms with Gasteiger partial charge < -0.3 is 68.9 Å². The summed E-state index contributed by atoms with van der Waals surface area (Å²) in [6, 6.07) is 4.73. The maximum absolute atomic E-state index is 14.5. The van der Waals surface area contributed by atoms with Crippen LogP contribution in [0.3, 0.4) is 0 Å². The highest BCUT2D eigenvalue weighted by Crippen LogP contribution is 2.40. The molecule has 5 rings (SSSR count). The van der Waals surface area contributed by atoms with Crippen LogP contribution in [-0.4, -0.2) is 198 Å². The minimum atomic E-state index is -1.85. The first kappa shape index (κ1) is 59.6. The molecule has 0 radical (unpaired) electrons. The molecule has 3 aliphatic heterocycles. The van der Waals surface area contributed by atoms with Gasteiger partial charge in [-0.3, -0.25) is 14.9 Å². The Bertz CT molecular complexity index is 2030. The number of benzene rings is 1. The Labute approximate surface area is 425 Å². The van der Waals surface area contributed by atoms with Crippen molar-refractivity contribution in [3.63, 3.8) is 0 Å². The third kappa shape index (κ3) is 14.1. The maximum atomic E-state index is 14.5. The Morgan fingerprint density at radius 1 is 1.00 bits per heavy atom. The number of aromatic nitrogens is 3. The molecule has 0 bridgehead atoms. The molecule has 19 atom stereocenters. The van der Waals surface area contributed by atoms with Crippen LogP contribution in [0.4, 0.5) is 5.69 Å². The zero-order chi connectivity index (χ0) is 53.6. The second-order valence-corrected chi connectivity index (χ2v) is 21.9. The smallest absolute Gasteiger partial charge is 0.311 e. The van der Waals surface area contributed by atoms with Crippen molar-refractivity contribution in [2.24, 2.45) is 17.8 Å². The van der Waals surface area contributed by atoms with Gasteiger partial charge in [0.25, 0.3) is 5.69 Å². The van der Waals surface area contributed by atoms with E-state index in [-0.39, 0.29) is 43.6 Å².